The fraction of sp³-hybridized carbons (Fsp3) is 0.160. The summed E-state index contributed by atoms with van der Waals surface area (Å²) in [4.78, 5) is 24.9. The molecule has 0 aliphatic heterocycles. The first-order valence-electron chi connectivity index (χ1n) is 10.0. The van der Waals surface area contributed by atoms with E-state index < -0.39 is 0 Å². The number of carbonyl (C=O) groups excluding carboxylic acids is 2. The van der Waals surface area contributed by atoms with E-state index in [1.807, 2.05) is 36.4 Å². The number of hydrogen-bond donors (Lipinski definition) is 3. The van der Waals surface area contributed by atoms with Crippen molar-refractivity contribution in [2.45, 2.75) is 26.2 Å². The minimum atomic E-state index is -0.290. The largest absolute Gasteiger partial charge is 0.332 e. The number of nitrogens with one attached hydrogen (secondary N) is 3. The molecule has 0 spiro atoms. The van der Waals surface area contributed by atoms with Crippen molar-refractivity contribution in [1.29, 1.82) is 0 Å². The number of rotatable bonds is 4. The molecule has 0 atom stereocenters. The van der Waals surface area contributed by atoms with Gasteiger partial charge in [0.25, 0.3) is 11.8 Å². The Labute approximate surface area is 207 Å². The van der Waals surface area contributed by atoms with Crippen LogP contribution < -0.4 is 16.0 Å². The first-order valence-corrected chi connectivity index (χ1v) is 11.5. The maximum Gasteiger partial charge on any atom is 0.257 e. The summed E-state index contributed by atoms with van der Waals surface area (Å²) in [6, 6.07) is 21.9. The number of halogens is 1. The minimum absolute atomic E-state index is 0.0297. The highest BCUT2D eigenvalue weighted by Gasteiger charge is 2.14. The van der Waals surface area contributed by atoms with Crippen LogP contribution in [-0.4, -0.2) is 16.9 Å². The van der Waals surface area contributed by atoms with Gasteiger partial charge < -0.3 is 10.6 Å². The number of hydrogen-bond acceptors (Lipinski definition) is 3. The van der Waals surface area contributed by atoms with E-state index in [-0.39, 0.29) is 22.3 Å². The normalized spacial score (nSPS) is 10.9. The summed E-state index contributed by atoms with van der Waals surface area (Å²) in [5.74, 6) is -0.487. The molecule has 2 amide bonds. The summed E-state index contributed by atoms with van der Waals surface area (Å²) in [5.41, 5.74) is 3.57. The van der Waals surface area contributed by atoms with Crippen molar-refractivity contribution in [2.75, 3.05) is 10.6 Å². The second-order valence-corrected chi connectivity index (χ2v) is 9.93. The second-order valence-electron chi connectivity index (χ2n) is 8.28. The van der Waals surface area contributed by atoms with Gasteiger partial charge >= 0.3 is 0 Å². The third kappa shape index (κ3) is 6.61. The van der Waals surface area contributed by atoms with E-state index >= 15 is 0 Å². The van der Waals surface area contributed by atoms with E-state index in [2.05, 4.69) is 59.3 Å². The van der Waals surface area contributed by atoms with E-state index in [1.165, 1.54) is 5.56 Å². The molecule has 0 fully saturated rings. The zero-order chi connectivity index (χ0) is 23.3. The summed E-state index contributed by atoms with van der Waals surface area (Å²) in [6.07, 6.45) is 0. The lowest BCUT2D eigenvalue weighted by Crippen LogP contribution is -2.34. The zero-order valence-electron chi connectivity index (χ0n) is 18.0. The predicted octanol–water partition coefficient (Wildman–Crippen LogP) is 5.97. The van der Waals surface area contributed by atoms with E-state index in [1.54, 1.807) is 36.4 Å². The number of amides is 2. The quantitative estimate of drug-likeness (QED) is 0.273. The minimum Gasteiger partial charge on any atom is -0.332 e. The molecule has 164 valence electrons. The molecule has 3 aromatic carbocycles. The molecule has 3 rings (SSSR count). The standard InChI is InChI=1S/C25H24IN3O2S/c1-25(2,3)18-11-7-16(8-12-18)22(30)27-20-5-4-6-21(15-20)28-24(32)29-23(31)17-9-13-19(26)14-10-17/h4-15H,1-3H3,(H,27,30)(H2,28,29,31,32). The van der Waals surface area contributed by atoms with Gasteiger partial charge in [0.2, 0.25) is 0 Å². The van der Waals surface area contributed by atoms with Crippen molar-refractivity contribution in [3.8, 4) is 0 Å². The molecule has 0 saturated carbocycles. The van der Waals surface area contributed by atoms with Crippen LogP contribution in [0.1, 0.15) is 47.1 Å². The molecule has 0 heterocycles. The van der Waals surface area contributed by atoms with Crippen molar-refractivity contribution in [3.05, 3.63) is 93.1 Å². The summed E-state index contributed by atoms with van der Waals surface area (Å²) in [5, 5.41) is 8.70. The fourth-order valence-corrected chi connectivity index (χ4v) is 3.51. The molecular formula is C25H24IN3O2S. The molecule has 0 aliphatic rings. The van der Waals surface area contributed by atoms with Crippen LogP contribution in [0.2, 0.25) is 0 Å². The molecule has 32 heavy (non-hydrogen) atoms. The van der Waals surface area contributed by atoms with Crippen LogP contribution in [0.4, 0.5) is 11.4 Å². The smallest absolute Gasteiger partial charge is 0.257 e. The molecule has 0 aliphatic carbocycles. The van der Waals surface area contributed by atoms with Crippen molar-refractivity contribution >= 4 is 63.1 Å². The second kappa shape index (κ2) is 10.2. The zero-order valence-corrected chi connectivity index (χ0v) is 21.0. The van der Waals surface area contributed by atoms with Crippen molar-refractivity contribution in [1.82, 2.24) is 5.32 Å². The van der Waals surface area contributed by atoms with E-state index in [4.69, 9.17) is 12.2 Å². The first-order chi connectivity index (χ1) is 15.1. The van der Waals surface area contributed by atoms with Crippen LogP contribution >= 0.6 is 34.8 Å². The fourth-order valence-electron chi connectivity index (χ4n) is 2.94. The first kappa shape index (κ1) is 23.9. The molecule has 0 unspecified atom stereocenters. The Morgan fingerprint density at radius 2 is 1.31 bits per heavy atom. The summed E-state index contributed by atoms with van der Waals surface area (Å²) in [6.45, 7) is 6.40. The topological polar surface area (TPSA) is 70.2 Å². The molecule has 0 radical (unpaired) electrons. The number of carbonyl (C=O) groups is 2. The van der Waals surface area contributed by atoms with Gasteiger partial charge in [0, 0.05) is 26.1 Å². The highest BCUT2D eigenvalue weighted by atomic mass is 127. The third-order valence-corrected chi connectivity index (χ3v) is 5.65. The molecule has 0 bridgehead atoms. The lowest BCUT2D eigenvalue weighted by molar-refractivity contribution is 0.0976. The maximum absolute atomic E-state index is 12.6. The lowest BCUT2D eigenvalue weighted by atomic mass is 9.87. The van der Waals surface area contributed by atoms with Gasteiger partial charge in [-0.25, -0.2) is 0 Å². The van der Waals surface area contributed by atoms with Crippen LogP contribution in [0.15, 0.2) is 72.8 Å². The Morgan fingerprint density at radius 1 is 0.781 bits per heavy atom. The third-order valence-electron chi connectivity index (χ3n) is 4.72. The van der Waals surface area contributed by atoms with E-state index in [0.717, 1.165) is 3.57 Å². The Morgan fingerprint density at radius 3 is 1.91 bits per heavy atom. The highest BCUT2D eigenvalue weighted by molar-refractivity contribution is 14.1. The van der Waals surface area contributed by atoms with Crippen molar-refractivity contribution in [3.63, 3.8) is 0 Å². The molecule has 5 nitrogen and oxygen atoms in total. The molecule has 0 saturated heterocycles. The van der Waals surface area contributed by atoms with Gasteiger partial charge in [0.15, 0.2) is 5.11 Å². The maximum atomic E-state index is 12.6. The molecular weight excluding hydrogens is 533 g/mol. The molecule has 3 aromatic rings. The van der Waals surface area contributed by atoms with Crippen LogP contribution in [0.3, 0.4) is 0 Å². The van der Waals surface area contributed by atoms with Gasteiger partial charge in [-0.1, -0.05) is 39.0 Å². The average Bonchev–Trinajstić information content (AvgIpc) is 2.73. The monoisotopic (exact) mass is 557 g/mol. The van der Waals surface area contributed by atoms with Crippen LogP contribution in [0.5, 0.6) is 0 Å². The summed E-state index contributed by atoms with van der Waals surface area (Å²) >= 11 is 7.44. The van der Waals surface area contributed by atoms with Gasteiger partial charge in [-0.2, -0.15) is 0 Å². The van der Waals surface area contributed by atoms with Crippen molar-refractivity contribution < 1.29 is 9.59 Å². The SMILES string of the molecule is CC(C)(C)c1ccc(C(=O)Nc2cccc(NC(=S)NC(=O)c3ccc(I)cc3)c2)cc1. The molecule has 3 N–H and O–H groups in total. The van der Waals surface area contributed by atoms with Gasteiger partial charge in [0.05, 0.1) is 0 Å². The van der Waals surface area contributed by atoms with E-state index in [9.17, 15) is 9.59 Å². The van der Waals surface area contributed by atoms with Gasteiger partial charge in [-0.05, 0) is 100 Å². The molecule has 7 heteroatoms. The number of benzene rings is 3. The highest BCUT2D eigenvalue weighted by Crippen LogP contribution is 2.23. The number of anilines is 2. The van der Waals surface area contributed by atoms with Gasteiger partial charge in [-0.3, -0.25) is 14.9 Å². The molecule has 0 aromatic heterocycles. The summed E-state index contributed by atoms with van der Waals surface area (Å²) in [7, 11) is 0. The lowest BCUT2D eigenvalue weighted by Gasteiger charge is -2.19. The van der Waals surface area contributed by atoms with E-state index in [0.29, 0.717) is 22.5 Å². The van der Waals surface area contributed by atoms with Gasteiger partial charge in [0.1, 0.15) is 0 Å². The van der Waals surface area contributed by atoms with Crippen LogP contribution in [0.25, 0.3) is 0 Å². The van der Waals surface area contributed by atoms with Crippen LogP contribution in [0, 0.1) is 3.57 Å². The average molecular weight is 557 g/mol. The Hall–Kier alpha value is -2.78. The van der Waals surface area contributed by atoms with Crippen LogP contribution in [-0.2, 0) is 5.41 Å². The predicted molar refractivity (Wildman–Crippen MR) is 142 cm³/mol. The Bertz CT molecular complexity index is 1140. The number of thiocarbonyl (C=S) groups is 1. The Balaban J connectivity index is 1.61. The summed E-state index contributed by atoms with van der Waals surface area (Å²) < 4.78 is 1.05. The van der Waals surface area contributed by atoms with Gasteiger partial charge in [-0.15, -0.1) is 0 Å². The Kier molecular flexibility index (Phi) is 7.63. The van der Waals surface area contributed by atoms with Crippen molar-refractivity contribution in [2.24, 2.45) is 0 Å².